The van der Waals surface area contributed by atoms with Gasteiger partial charge in [-0.2, -0.15) is 0 Å². The average Bonchev–Trinajstić information content (AvgIpc) is 3.15. The van der Waals surface area contributed by atoms with Crippen molar-refractivity contribution in [1.82, 2.24) is 14.5 Å². The number of nitrogens with zero attached hydrogens (tertiary/aromatic N) is 3. The standard InChI is InChI=1S/C21H25I2N3O4/c1-12(2)4-19-21(29)30-13(3)26(19)18(20(27)28)8-17-9-24-11-25(17)10-14-5-15(22)7-16(23)6-14/h5-7,9,11-13,18-19H,4,8,10H2,1-3H3,(H,27,28). The van der Waals surface area contributed by atoms with E-state index in [1.54, 1.807) is 24.3 Å². The highest BCUT2D eigenvalue weighted by molar-refractivity contribution is 14.1. The molecular formula is C21H25I2N3O4. The van der Waals surface area contributed by atoms with Gasteiger partial charge in [0.05, 0.1) is 6.33 Å². The number of benzene rings is 1. The summed E-state index contributed by atoms with van der Waals surface area (Å²) in [7, 11) is 0. The fraction of sp³-hybridized carbons (Fsp3) is 0.476. The molecule has 1 aliphatic heterocycles. The van der Waals surface area contributed by atoms with Crippen LogP contribution in [0.5, 0.6) is 0 Å². The molecule has 30 heavy (non-hydrogen) atoms. The molecule has 3 atom stereocenters. The van der Waals surface area contributed by atoms with E-state index in [0.29, 0.717) is 13.0 Å². The van der Waals surface area contributed by atoms with Crippen molar-refractivity contribution in [2.75, 3.05) is 0 Å². The van der Waals surface area contributed by atoms with E-state index in [1.807, 2.05) is 18.4 Å². The second-order valence-corrected chi connectivity index (χ2v) is 10.5. The van der Waals surface area contributed by atoms with Gasteiger partial charge in [0.1, 0.15) is 12.1 Å². The molecule has 1 aromatic carbocycles. The van der Waals surface area contributed by atoms with Crippen LogP contribution in [0.2, 0.25) is 0 Å². The fourth-order valence-corrected chi connectivity index (χ4v) is 5.96. The number of carbonyl (C=O) groups is 2. The largest absolute Gasteiger partial charge is 0.480 e. The van der Waals surface area contributed by atoms with Gasteiger partial charge in [-0.1, -0.05) is 13.8 Å². The first kappa shape index (κ1) is 23.5. The number of halogens is 2. The first-order valence-electron chi connectivity index (χ1n) is 9.80. The molecule has 162 valence electrons. The third kappa shape index (κ3) is 5.52. The van der Waals surface area contributed by atoms with E-state index in [1.165, 1.54) is 0 Å². The van der Waals surface area contributed by atoms with Crippen molar-refractivity contribution in [2.45, 2.75) is 58.5 Å². The molecule has 1 aromatic heterocycles. The molecule has 1 N–H and O–H groups in total. The van der Waals surface area contributed by atoms with Gasteiger partial charge in [0.15, 0.2) is 6.23 Å². The number of imidazole rings is 1. The summed E-state index contributed by atoms with van der Waals surface area (Å²) in [4.78, 5) is 30.5. The molecule has 0 amide bonds. The number of esters is 1. The Hall–Kier alpha value is -1.21. The van der Waals surface area contributed by atoms with Crippen LogP contribution in [0, 0.1) is 13.1 Å². The maximum atomic E-state index is 12.4. The molecule has 7 nitrogen and oxygen atoms in total. The number of carboxylic acid groups (broad SMARTS) is 1. The Bertz CT molecular complexity index is 910. The van der Waals surface area contributed by atoms with Crippen LogP contribution in [0.3, 0.4) is 0 Å². The normalized spacial score (nSPS) is 20.5. The molecule has 3 rings (SSSR count). The van der Waals surface area contributed by atoms with Crippen LogP contribution in [-0.2, 0) is 27.3 Å². The van der Waals surface area contributed by atoms with Crippen molar-refractivity contribution in [1.29, 1.82) is 0 Å². The lowest BCUT2D eigenvalue weighted by molar-refractivity contribution is -0.147. The van der Waals surface area contributed by atoms with Gasteiger partial charge in [0.25, 0.3) is 0 Å². The molecule has 9 heteroatoms. The molecule has 0 bridgehead atoms. The second kappa shape index (κ2) is 9.94. The Balaban J connectivity index is 1.85. The SMILES string of the molecule is CC(C)CC1C(=O)OC(C)N1C(Cc1cncn1Cc1cc(I)cc(I)c1)C(=O)O. The summed E-state index contributed by atoms with van der Waals surface area (Å²) in [5.74, 6) is -1.06. The van der Waals surface area contributed by atoms with Crippen molar-refractivity contribution in [3.05, 3.63) is 49.1 Å². The van der Waals surface area contributed by atoms with Crippen LogP contribution in [0.25, 0.3) is 0 Å². The van der Waals surface area contributed by atoms with Crippen LogP contribution in [0.4, 0.5) is 0 Å². The van der Waals surface area contributed by atoms with E-state index < -0.39 is 24.3 Å². The van der Waals surface area contributed by atoms with Crippen LogP contribution in [0.1, 0.15) is 38.4 Å². The van der Waals surface area contributed by atoms with Crippen molar-refractivity contribution in [3.8, 4) is 0 Å². The smallest absolute Gasteiger partial charge is 0.325 e. The molecule has 3 unspecified atom stereocenters. The third-order valence-electron chi connectivity index (χ3n) is 5.15. The minimum atomic E-state index is -0.967. The van der Waals surface area contributed by atoms with E-state index >= 15 is 0 Å². The maximum absolute atomic E-state index is 12.4. The lowest BCUT2D eigenvalue weighted by Crippen LogP contribution is -2.50. The molecule has 1 fully saturated rings. The van der Waals surface area contributed by atoms with E-state index in [-0.39, 0.29) is 18.3 Å². The quantitative estimate of drug-likeness (QED) is 0.351. The summed E-state index contributed by atoms with van der Waals surface area (Å²) in [5.41, 5.74) is 1.94. The molecule has 0 spiro atoms. The van der Waals surface area contributed by atoms with Crippen LogP contribution in [0.15, 0.2) is 30.7 Å². The van der Waals surface area contributed by atoms with Gasteiger partial charge in [0, 0.05) is 32.0 Å². The first-order valence-corrected chi connectivity index (χ1v) is 12.0. The average molecular weight is 637 g/mol. The van der Waals surface area contributed by atoms with Gasteiger partial charge in [-0.15, -0.1) is 0 Å². The number of hydrogen-bond donors (Lipinski definition) is 1. The van der Waals surface area contributed by atoms with E-state index in [9.17, 15) is 14.7 Å². The number of aromatic nitrogens is 2. The molecule has 2 heterocycles. The van der Waals surface area contributed by atoms with Crippen molar-refractivity contribution >= 4 is 57.1 Å². The number of carbonyl (C=O) groups excluding carboxylic acids is 1. The summed E-state index contributed by atoms with van der Waals surface area (Å²) in [6, 6.07) is 4.89. The monoisotopic (exact) mass is 637 g/mol. The predicted molar refractivity (Wildman–Crippen MR) is 129 cm³/mol. The van der Waals surface area contributed by atoms with Gasteiger partial charge in [-0.05, 0) is 88.2 Å². The molecular weight excluding hydrogens is 612 g/mol. The minimum absolute atomic E-state index is 0.242. The molecule has 1 saturated heterocycles. The summed E-state index contributed by atoms with van der Waals surface area (Å²) in [5, 5.41) is 10.0. The first-order chi connectivity index (χ1) is 14.2. The number of carboxylic acids is 1. The molecule has 2 aromatic rings. The highest BCUT2D eigenvalue weighted by atomic mass is 127. The Labute approximate surface area is 203 Å². The van der Waals surface area contributed by atoms with Gasteiger partial charge in [-0.3, -0.25) is 9.59 Å². The number of hydrogen-bond acceptors (Lipinski definition) is 5. The van der Waals surface area contributed by atoms with Gasteiger partial charge >= 0.3 is 11.9 Å². The minimum Gasteiger partial charge on any atom is -0.480 e. The number of aliphatic carboxylic acids is 1. The lowest BCUT2D eigenvalue weighted by Gasteiger charge is -2.30. The van der Waals surface area contributed by atoms with Crippen molar-refractivity contribution in [2.24, 2.45) is 5.92 Å². The molecule has 0 radical (unpaired) electrons. The summed E-state index contributed by atoms with van der Waals surface area (Å²) >= 11 is 4.58. The molecule has 0 aliphatic carbocycles. The topological polar surface area (TPSA) is 84.7 Å². The Morgan fingerprint density at radius 3 is 2.53 bits per heavy atom. The zero-order valence-electron chi connectivity index (χ0n) is 17.1. The van der Waals surface area contributed by atoms with Crippen LogP contribution >= 0.6 is 45.2 Å². The fourth-order valence-electron chi connectivity index (χ4n) is 3.90. The Morgan fingerprint density at radius 1 is 1.27 bits per heavy atom. The predicted octanol–water partition coefficient (Wildman–Crippen LogP) is 3.76. The zero-order valence-corrected chi connectivity index (χ0v) is 21.4. The number of ether oxygens (including phenoxy) is 1. The maximum Gasteiger partial charge on any atom is 0.325 e. The van der Waals surface area contributed by atoms with Crippen molar-refractivity contribution in [3.63, 3.8) is 0 Å². The van der Waals surface area contributed by atoms with E-state index in [4.69, 9.17) is 4.74 Å². The van der Waals surface area contributed by atoms with Gasteiger partial charge in [-0.25, -0.2) is 9.88 Å². The van der Waals surface area contributed by atoms with E-state index in [2.05, 4.69) is 68.4 Å². The number of rotatable bonds is 8. The van der Waals surface area contributed by atoms with Crippen molar-refractivity contribution < 1.29 is 19.4 Å². The molecule has 1 aliphatic rings. The second-order valence-electron chi connectivity index (χ2n) is 7.98. The van der Waals surface area contributed by atoms with Crippen LogP contribution in [-0.4, -0.2) is 49.8 Å². The summed E-state index contributed by atoms with van der Waals surface area (Å²) in [6.45, 7) is 6.37. The Morgan fingerprint density at radius 2 is 1.93 bits per heavy atom. The zero-order chi connectivity index (χ0) is 22.0. The Kier molecular flexibility index (Phi) is 7.77. The van der Waals surface area contributed by atoms with Gasteiger partial charge in [0.2, 0.25) is 0 Å². The lowest BCUT2D eigenvalue weighted by atomic mass is 10.00. The summed E-state index contributed by atoms with van der Waals surface area (Å²) < 4.78 is 9.66. The summed E-state index contributed by atoms with van der Waals surface area (Å²) in [6.07, 6.45) is 3.66. The van der Waals surface area contributed by atoms with Gasteiger partial charge < -0.3 is 14.4 Å². The highest BCUT2D eigenvalue weighted by Crippen LogP contribution is 2.28. The third-order valence-corrected chi connectivity index (χ3v) is 6.40. The van der Waals surface area contributed by atoms with E-state index in [0.717, 1.165) is 18.4 Å². The van der Waals surface area contributed by atoms with Crippen LogP contribution < -0.4 is 0 Å². The highest BCUT2D eigenvalue weighted by Gasteiger charge is 2.46. The number of cyclic esters (lactones) is 1. The molecule has 0 saturated carbocycles.